The molecule has 1 atom stereocenters. The fourth-order valence-corrected chi connectivity index (χ4v) is 3.31. The van der Waals surface area contributed by atoms with Crippen molar-refractivity contribution in [2.45, 2.75) is 26.3 Å². The Morgan fingerprint density at radius 2 is 1.96 bits per heavy atom. The van der Waals surface area contributed by atoms with E-state index in [1.54, 1.807) is 6.20 Å². The van der Waals surface area contributed by atoms with Crippen LogP contribution in [0.5, 0.6) is 0 Å². The van der Waals surface area contributed by atoms with Crippen molar-refractivity contribution in [1.29, 1.82) is 0 Å². The summed E-state index contributed by atoms with van der Waals surface area (Å²) in [6, 6.07) is 3.85. The lowest BCUT2D eigenvalue weighted by atomic mass is 9.79. The average molecular weight is 391 g/mol. The van der Waals surface area contributed by atoms with E-state index in [2.05, 4.69) is 23.7 Å². The van der Waals surface area contributed by atoms with Crippen LogP contribution in [0.1, 0.15) is 30.6 Å². The molecule has 1 amide bonds. The maximum atomic E-state index is 13.0. The minimum atomic E-state index is -0.0603. The summed E-state index contributed by atoms with van der Waals surface area (Å²) in [6.07, 6.45) is 2.59. The Kier molecular flexibility index (Phi) is 7.93. The minimum Gasteiger partial charge on any atom is -0.378 e. The Bertz CT molecular complexity index is 580. The maximum absolute atomic E-state index is 13.0. The fraction of sp³-hybridized carbons (Fsp3) is 0.647. The number of hydrogen-bond acceptors (Lipinski definition) is 5. The third-order valence-corrected chi connectivity index (χ3v) is 4.93. The van der Waals surface area contributed by atoms with Gasteiger partial charge in [-0.25, -0.2) is 4.98 Å². The molecule has 0 bridgehead atoms. The first kappa shape index (κ1) is 22.0. The largest absolute Gasteiger partial charge is 0.378 e. The van der Waals surface area contributed by atoms with Crippen LogP contribution in [-0.4, -0.2) is 61.2 Å². The number of morpholine rings is 1. The average Bonchev–Trinajstić information content (AvgIpc) is 2.57. The number of halogens is 2. The monoisotopic (exact) mass is 390 g/mol. The second-order valence-electron chi connectivity index (χ2n) is 7.08. The number of ether oxygens (including phenoxy) is 1. The zero-order chi connectivity index (χ0) is 16.4. The van der Waals surface area contributed by atoms with Crippen molar-refractivity contribution in [3.8, 4) is 0 Å². The topological polar surface area (TPSA) is 71.7 Å². The summed E-state index contributed by atoms with van der Waals surface area (Å²) in [5.74, 6) is 0.827. The van der Waals surface area contributed by atoms with E-state index in [-0.39, 0.29) is 42.2 Å². The van der Waals surface area contributed by atoms with E-state index in [1.165, 1.54) is 0 Å². The number of pyridine rings is 1. The molecule has 2 N–H and O–H groups in total. The molecule has 0 aromatic carbocycles. The van der Waals surface area contributed by atoms with Gasteiger partial charge in [-0.15, -0.1) is 24.8 Å². The van der Waals surface area contributed by atoms with E-state index < -0.39 is 0 Å². The summed E-state index contributed by atoms with van der Waals surface area (Å²) < 4.78 is 5.40. The highest BCUT2D eigenvalue weighted by molar-refractivity contribution is 5.99. The van der Waals surface area contributed by atoms with Gasteiger partial charge in [0.15, 0.2) is 0 Å². The van der Waals surface area contributed by atoms with Crippen molar-refractivity contribution < 1.29 is 9.53 Å². The molecule has 142 valence electrons. The van der Waals surface area contributed by atoms with Crippen molar-refractivity contribution in [2.75, 3.05) is 44.3 Å². The molecule has 2 aliphatic rings. The molecule has 3 heterocycles. The van der Waals surface area contributed by atoms with Gasteiger partial charge < -0.3 is 20.3 Å². The van der Waals surface area contributed by atoms with Crippen molar-refractivity contribution >= 4 is 36.5 Å². The van der Waals surface area contributed by atoms with Crippen molar-refractivity contribution in [1.82, 2.24) is 9.88 Å². The Morgan fingerprint density at radius 3 is 2.60 bits per heavy atom. The zero-order valence-electron chi connectivity index (χ0n) is 14.8. The van der Waals surface area contributed by atoms with E-state index in [0.29, 0.717) is 31.9 Å². The smallest absolute Gasteiger partial charge is 0.257 e. The highest BCUT2D eigenvalue weighted by atomic mass is 35.5. The van der Waals surface area contributed by atoms with Crippen LogP contribution >= 0.6 is 24.8 Å². The van der Waals surface area contributed by atoms with Gasteiger partial charge in [-0.2, -0.15) is 0 Å². The quantitative estimate of drug-likeness (QED) is 0.835. The van der Waals surface area contributed by atoms with Crippen molar-refractivity contribution in [3.63, 3.8) is 0 Å². The van der Waals surface area contributed by atoms with Crippen molar-refractivity contribution in [3.05, 3.63) is 23.9 Å². The predicted octanol–water partition coefficient (Wildman–Crippen LogP) is 1.96. The summed E-state index contributed by atoms with van der Waals surface area (Å²) >= 11 is 0. The number of aromatic nitrogens is 1. The van der Waals surface area contributed by atoms with Gasteiger partial charge in [0.05, 0.1) is 18.8 Å². The highest BCUT2D eigenvalue weighted by Gasteiger charge is 2.36. The molecule has 2 saturated heterocycles. The molecule has 8 heteroatoms. The molecule has 1 aromatic rings. The Balaban J connectivity index is 0.00000156. The summed E-state index contributed by atoms with van der Waals surface area (Å²) in [6.45, 7) is 8.55. The van der Waals surface area contributed by atoms with Crippen LogP contribution < -0.4 is 10.6 Å². The van der Waals surface area contributed by atoms with Gasteiger partial charge in [0.25, 0.3) is 5.91 Å². The van der Waals surface area contributed by atoms with Gasteiger partial charge in [0.1, 0.15) is 5.82 Å². The van der Waals surface area contributed by atoms with E-state index >= 15 is 0 Å². The number of nitrogens with zero attached hydrogens (tertiary/aromatic N) is 3. The van der Waals surface area contributed by atoms with Gasteiger partial charge in [-0.3, -0.25) is 4.79 Å². The SMILES string of the molecule is CC1(C)CN(C(=O)c2cccnc2N2CCOCC2)CCC1N.Cl.Cl. The Labute approximate surface area is 161 Å². The Morgan fingerprint density at radius 1 is 1.28 bits per heavy atom. The molecule has 1 unspecified atom stereocenters. The van der Waals surface area contributed by atoms with Crippen LogP contribution in [0.4, 0.5) is 5.82 Å². The number of rotatable bonds is 2. The first-order valence-corrected chi connectivity index (χ1v) is 8.31. The number of amides is 1. The number of hydrogen-bond donors (Lipinski definition) is 1. The molecule has 2 fully saturated rings. The van der Waals surface area contributed by atoms with Gasteiger partial charge in [0, 0.05) is 38.4 Å². The van der Waals surface area contributed by atoms with Crippen LogP contribution in [0, 0.1) is 5.41 Å². The molecular formula is C17H28Cl2N4O2. The molecule has 0 spiro atoms. The van der Waals surface area contributed by atoms with E-state index in [9.17, 15) is 4.79 Å². The molecule has 6 nitrogen and oxygen atoms in total. The van der Waals surface area contributed by atoms with Crippen LogP contribution in [-0.2, 0) is 4.74 Å². The van der Waals surface area contributed by atoms with E-state index in [4.69, 9.17) is 10.5 Å². The highest BCUT2D eigenvalue weighted by Crippen LogP contribution is 2.30. The molecule has 0 aliphatic carbocycles. The van der Waals surface area contributed by atoms with Gasteiger partial charge in [-0.05, 0) is 24.0 Å². The predicted molar refractivity (Wildman–Crippen MR) is 104 cm³/mol. The summed E-state index contributed by atoms with van der Waals surface area (Å²) in [5.41, 5.74) is 6.81. The lowest BCUT2D eigenvalue weighted by Crippen LogP contribution is -2.54. The number of carbonyl (C=O) groups excluding carboxylic acids is 1. The van der Waals surface area contributed by atoms with E-state index in [1.807, 2.05) is 17.0 Å². The lowest BCUT2D eigenvalue weighted by molar-refractivity contribution is 0.0532. The molecule has 2 aliphatic heterocycles. The minimum absolute atomic E-state index is 0. The summed E-state index contributed by atoms with van der Waals surface area (Å²) in [5, 5.41) is 0. The van der Waals surface area contributed by atoms with Crippen LogP contribution in [0.3, 0.4) is 0 Å². The van der Waals surface area contributed by atoms with Gasteiger partial charge in [-0.1, -0.05) is 13.8 Å². The third-order valence-electron chi connectivity index (χ3n) is 4.93. The summed E-state index contributed by atoms with van der Waals surface area (Å²) in [4.78, 5) is 21.6. The number of likely N-dealkylation sites (tertiary alicyclic amines) is 1. The number of carbonyl (C=O) groups is 1. The van der Waals surface area contributed by atoms with Gasteiger partial charge >= 0.3 is 0 Å². The molecule has 3 rings (SSSR count). The summed E-state index contributed by atoms with van der Waals surface area (Å²) in [7, 11) is 0. The molecule has 1 aromatic heterocycles. The normalized spacial score (nSPS) is 22.6. The third kappa shape index (κ3) is 4.76. The maximum Gasteiger partial charge on any atom is 0.257 e. The number of piperidine rings is 1. The van der Waals surface area contributed by atoms with Crippen LogP contribution in [0.2, 0.25) is 0 Å². The second kappa shape index (κ2) is 9.03. The fourth-order valence-electron chi connectivity index (χ4n) is 3.31. The van der Waals surface area contributed by atoms with E-state index in [0.717, 1.165) is 25.3 Å². The van der Waals surface area contributed by atoms with Crippen molar-refractivity contribution in [2.24, 2.45) is 11.1 Å². The molecule has 25 heavy (non-hydrogen) atoms. The Hall–Kier alpha value is -1.08. The molecule has 0 saturated carbocycles. The van der Waals surface area contributed by atoms with Gasteiger partial charge in [0.2, 0.25) is 0 Å². The first-order valence-electron chi connectivity index (χ1n) is 8.31. The lowest BCUT2D eigenvalue weighted by Gasteiger charge is -2.43. The number of anilines is 1. The molecular weight excluding hydrogens is 363 g/mol. The first-order chi connectivity index (χ1) is 11.0. The second-order valence-corrected chi connectivity index (χ2v) is 7.08. The van der Waals surface area contributed by atoms with Crippen LogP contribution in [0.15, 0.2) is 18.3 Å². The zero-order valence-corrected chi connectivity index (χ0v) is 16.4. The molecule has 0 radical (unpaired) electrons. The van der Waals surface area contributed by atoms with Crippen LogP contribution in [0.25, 0.3) is 0 Å². The number of nitrogens with two attached hydrogens (primary N) is 1. The standard InChI is InChI=1S/C17H26N4O2.2ClH/c1-17(2)12-21(7-5-14(17)18)16(22)13-4-3-6-19-15(13)20-8-10-23-11-9-20;;/h3-4,6,14H,5,7-12,18H2,1-2H3;2*1H.